The fraction of sp³-hybridized carbons (Fsp3) is 0.0769. The molecule has 0 amide bonds. The molecule has 1 aliphatic rings. The molecule has 0 radical (unpaired) electrons. The van der Waals surface area contributed by atoms with Crippen molar-refractivity contribution in [3.05, 3.63) is 47.8 Å². The van der Waals surface area contributed by atoms with Crippen molar-refractivity contribution in [2.24, 2.45) is 0 Å². The van der Waals surface area contributed by atoms with Crippen molar-refractivity contribution in [3.63, 3.8) is 0 Å². The van der Waals surface area contributed by atoms with Crippen LogP contribution in [0.25, 0.3) is 0 Å². The number of esters is 2. The van der Waals surface area contributed by atoms with Gasteiger partial charge in [0.15, 0.2) is 11.5 Å². The van der Waals surface area contributed by atoms with Crippen LogP contribution in [0.15, 0.2) is 36.5 Å². The maximum absolute atomic E-state index is 11.8. The van der Waals surface area contributed by atoms with Crippen LogP contribution in [0.1, 0.15) is 20.8 Å². The highest BCUT2D eigenvalue weighted by Crippen LogP contribution is 2.32. The molecule has 0 unspecified atom stereocenters. The highest BCUT2D eigenvalue weighted by atomic mass is 16.7. The van der Waals surface area contributed by atoms with Crippen LogP contribution in [0.5, 0.6) is 11.5 Å². The molecule has 1 aromatic carbocycles. The van der Waals surface area contributed by atoms with Crippen molar-refractivity contribution >= 4 is 11.9 Å². The predicted molar refractivity (Wildman–Crippen MR) is 63.1 cm³/mol. The average molecular weight is 259 g/mol. The normalized spacial score (nSPS) is 12.2. The Bertz CT molecular complexity index is 632. The minimum Gasteiger partial charge on any atom is -0.454 e. The Hall–Kier alpha value is -2.76. The first-order chi connectivity index (χ1) is 9.24. The lowest BCUT2D eigenvalue weighted by Crippen LogP contribution is -2.13. The SMILES string of the molecule is O=C(OC(=O)c1ccc[nH]1)c1ccc2c(c1)OCO2. The molecule has 0 bridgehead atoms. The lowest BCUT2D eigenvalue weighted by Gasteiger charge is -2.02. The first kappa shape index (κ1) is 11.3. The summed E-state index contributed by atoms with van der Waals surface area (Å²) in [5.41, 5.74) is 0.443. The van der Waals surface area contributed by atoms with E-state index in [0.717, 1.165) is 0 Å². The Morgan fingerprint density at radius 1 is 1.11 bits per heavy atom. The summed E-state index contributed by atoms with van der Waals surface area (Å²) in [7, 11) is 0. The second-order valence-corrected chi connectivity index (χ2v) is 3.83. The first-order valence-corrected chi connectivity index (χ1v) is 5.53. The third-order valence-corrected chi connectivity index (χ3v) is 2.61. The molecule has 1 aliphatic heterocycles. The molecule has 6 heteroatoms. The minimum absolute atomic E-state index is 0.120. The van der Waals surface area contributed by atoms with E-state index in [4.69, 9.17) is 14.2 Å². The zero-order valence-corrected chi connectivity index (χ0v) is 9.71. The van der Waals surface area contributed by atoms with Crippen molar-refractivity contribution in [3.8, 4) is 11.5 Å². The number of H-pyrrole nitrogens is 1. The number of aromatic amines is 1. The fourth-order valence-electron chi connectivity index (χ4n) is 1.68. The summed E-state index contributed by atoms with van der Waals surface area (Å²) in [6.07, 6.45) is 1.57. The molecule has 19 heavy (non-hydrogen) atoms. The van der Waals surface area contributed by atoms with Crippen LogP contribution in [0.3, 0.4) is 0 Å². The van der Waals surface area contributed by atoms with Gasteiger partial charge >= 0.3 is 11.9 Å². The van der Waals surface area contributed by atoms with Gasteiger partial charge in [0.25, 0.3) is 0 Å². The van der Waals surface area contributed by atoms with Crippen molar-refractivity contribution in [2.45, 2.75) is 0 Å². The molecule has 0 saturated heterocycles. The second kappa shape index (κ2) is 4.49. The number of carbonyl (C=O) groups excluding carboxylic acids is 2. The van der Waals surface area contributed by atoms with E-state index >= 15 is 0 Å². The molecule has 0 atom stereocenters. The average Bonchev–Trinajstić information content (AvgIpc) is 3.09. The largest absolute Gasteiger partial charge is 0.454 e. The Kier molecular flexibility index (Phi) is 2.68. The van der Waals surface area contributed by atoms with E-state index in [2.05, 4.69) is 4.98 Å². The van der Waals surface area contributed by atoms with E-state index in [9.17, 15) is 9.59 Å². The van der Waals surface area contributed by atoms with Crippen LogP contribution in [0, 0.1) is 0 Å². The van der Waals surface area contributed by atoms with Gasteiger partial charge < -0.3 is 19.2 Å². The summed E-state index contributed by atoms with van der Waals surface area (Å²) in [5.74, 6) is -0.445. The van der Waals surface area contributed by atoms with Gasteiger partial charge in [-0.1, -0.05) is 0 Å². The van der Waals surface area contributed by atoms with Crippen molar-refractivity contribution in [1.29, 1.82) is 0 Å². The van der Waals surface area contributed by atoms with Gasteiger partial charge in [0, 0.05) is 6.20 Å². The molecule has 2 aromatic rings. The van der Waals surface area contributed by atoms with Crippen molar-refractivity contribution in [1.82, 2.24) is 4.98 Å². The monoisotopic (exact) mass is 259 g/mol. The number of rotatable bonds is 2. The number of hydrogen-bond donors (Lipinski definition) is 1. The summed E-state index contributed by atoms with van der Waals surface area (Å²) < 4.78 is 15.0. The first-order valence-electron chi connectivity index (χ1n) is 5.53. The fourth-order valence-corrected chi connectivity index (χ4v) is 1.68. The number of aromatic nitrogens is 1. The van der Waals surface area contributed by atoms with Crippen LogP contribution in [-0.4, -0.2) is 23.7 Å². The molecule has 1 N–H and O–H groups in total. The number of fused-ring (bicyclic) bond motifs is 1. The quantitative estimate of drug-likeness (QED) is 0.656. The molecule has 0 fully saturated rings. The summed E-state index contributed by atoms with van der Waals surface area (Å²) in [6.45, 7) is 0.120. The third kappa shape index (κ3) is 2.15. The van der Waals surface area contributed by atoms with Gasteiger partial charge in [-0.05, 0) is 30.3 Å². The Labute approximate surface area is 107 Å². The zero-order chi connectivity index (χ0) is 13.2. The van der Waals surface area contributed by atoms with Gasteiger partial charge in [0.1, 0.15) is 5.69 Å². The van der Waals surface area contributed by atoms with E-state index < -0.39 is 11.9 Å². The third-order valence-electron chi connectivity index (χ3n) is 2.61. The Balaban J connectivity index is 1.76. The van der Waals surface area contributed by atoms with E-state index in [-0.39, 0.29) is 18.1 Å². The molecule has 6 nitrogen and oxygen atoms in total. The highest BCUT2D eigenvalue weighted by molar-refractivity contribution is 6.02. The molecule has 1 aromatic heterocycles. The highest BCUT2D eigenvalue weighted by Gasteiger charge is 2.19. The Morgan fingerprint density at radius 3 is 2.74 bits per heavy atom. The summed E-state index contributed by atoms with van der Waals surface area (Å²) in [4.78, 5) is 26.1. The number of ether oxygens (including phenoxy) is 3. The number of hydrogen-bond acceptors (Lipinski definition) is 5. The number of carbonyl (C=O) groups is 2. The summed E-state index contributed by atoms with van der Waals surface area (Å²) in [5, 5.41) is 0. The predicted octanol–water partition coefficient (Wildman–Crippen LogP) is 1.74. The molecule has 2 heterocycles. The van der Waals surface area contributed by atoms with Crippen LogP contribution < -0.4 is 9.47 Å². The minimum atomic E-state index is -0.738. The topological polar surface area (TPSA) is 77.6 Å². The maximum Gasteiger partial charge on any atom is 0.362 e. The smallest absolute Gasteiger partial charge is 0.362 e. The van der Waals surface area contributed by atoms with Gasteiger partial charge in [-0.2, -0.15) is 0 Å². The van der Waals surface area contributed by atoms with Crippen molar-refractivity contribution in [2.75, 3.05) is 6.79 Å². The van der Waals surface area contributed by atoms with Crippen LogP contribution in [-0.2, 0) is 4.74 Å². The zero-order valence-electron chi connectivity index (χ0n) is 9.71. The second-order valence-electron chi connectivity index (χ2n) is 3.83. The molecule has 96 valence electrons. The summed E-state index contributed by atoms with van der Waals surface area (Å²) in [6, 6.07) is 7.75. The van der Waals surface area contributed by atoms with Crippen LogP contribution in [0.2, 0.25) is 0 Å². The standard InChI is InChI=1S/C13H9NO5/c15-12(19-13(16)9-2-1-5-14-9)8-3-4-10-11(6-8)18-7-17-10/h1-6,14H,7H2. The van der Waals surface area contributed by atoms with E-state index in [0.29, 0.717) is 11.5 Å². The maximum atomic E-state index is 11.8. The molecule has 0 saturated carbocycles. The lowest BCUT2D eigenvalue weighted by atomic mass is 10.2. The van der Waals surface area contributed by atoms with E-state index in [1.54, 1.807) is 18.3 Å². The molecular formula is C13H9NO5. The molecule has 0 aliphatic carbocycles. The van der Waals surface area contributed by atoms with Crippen LogP contribution >= 0.6 is 0 Å². The van der Waals surface area contributed by atoms with E-state index in [1.807, 2.05) is 0 Å². The lowest BCUT2D eigenvalue weighted by molar-refractivity contribution is 0.0394. The Morgan fingerprint density at radius 2 is 1.95 bits per heavy atom. The van der Waals surface area contributed by atoms with Gasteiger partial charge in [-0.15, -0.1) is 0 Å². The van der Waals surface area contributed by atoms with E-state index in [1.165, 1.54) is 18.2 Å². The molecular weight excluding hydrogens is 250 g/mol. The number of nitrogens with one attached hydrogen (secondary N) is 1. The molecule has 0 spiro atoms. The van der Waals surface area contributed by atoms with Gasteiger partial charge in [0.2, 0.25) is 6.79 Å². The van der Waals surface area contributed by atoms with Gasteiger partial charge in [-0.3, -0.25) is 0 Å². The number of benzene rings is 1. The van der Waals surface area contributed by atoms with Crippen LogP contribution in [0.4, 0.5) is 0 Å². The van der Waals surface area contributed by atoms with Gasteiger partial charge in [0.05, 0.1) is 5.56 Å². The van der Waals surface area contributed by atoms with Gasteiger partial charge in [-0.25, -0.2) is 9.59 Å². The van der Waals surface area contributed by atoms with Crippen molar-refractivity contribution < 1.29 is 23.8 Å². The summed E-state index contributed by atoms with van der Waals surface area (Å²) >= 11 is 0. The molecule has 3 rings (SSSR count).